The summed E-state index contributed by atoms with van der Waals surface area (Å²) >= 11 is 0. The molecule has 2 rings (SSSR count). The zero-order chi connectivity index (χ0) is 18.0. The fraction of sp³-hybridized carbons (Fsp3) is 0.133. The van der Waals surface area contributed by atoms with Gasteiger partial charge in [0.2, 0.25) is 9.84 Å². The first-order valence-electron chi connectivity index (χ1n) is 6.60. The van der Waals surface area contributed by atoms with Crippen LogP contribution >= 0.6 is 0 Å². The minimum absolute atomic E-state index is 0.319. The molecule has 0 saturated heterocycles. The molecular formula is C15H12F3NO4S. The molecule has 0 unspecified atom stereocenters. The molecule has 0 fully saturated rings. The summed E-state index contributed by atoms with van der Waals surface area (Å²) in [5, 5.41) is 10.9. The molecule has 0 aliphatic heterocycles. The van der Waals surface area contributed by atoms with E-state index in [0.717, 1.165) is 12.1 Å². The summed E-state index contributed by atoms with van der Waals surface area (Å²) in [6.45, 7) is -0.724. The lowest BCUT2D eigenvalue weighted by atomic mass is 10.2. The largest absolute Gasteiger partial charge is 0.480 e. The Morgan fingerprint density at radius 2 is 1.67 bits per heavy atom. The van der Waals surface area contributed by atoms with E-state index in [-0.39, 0.29) is 4.90 Å². The molecule has 0 aromatic heterocycles. The fourth-order valence-electron chi connectivity index (χ4n) is 2.08. The van der Waals surface area contributed by atoms with E-state index in [2.05, 4.69) is 5.32 Å². The van der Waals surface area contributed by atoms with Crippen molar-refractivity contribution in [1.82, 2.24) is 0 Å². The highest BCUT2D eigenvalue weighted by molar-refractivity contribution is 7.91. The minimum Gasteiger partial charge on any atom is -0.480 e. The minimum atomic E-state index is -4.92. The zero-order valence-electron chi connectivity index (χ0n) is 12.0. The summed E-state index contributed by atoms with van der Waals surface area (Å²) in [7, 11) is -4.51. The Balaban J connectivity index is 2.71. The quantitative estimate of drug-likeness (QED) is 0.857. The van der Waals surface area contributed by atoms with Crippen LogP contribution in [0.2, 0.25) is 0 Å². The van der Waals surface area contributed by atoms with E-state index in [1.54, 1.807) is 0 Å². The zero-order valence-corrected chi connectivity index (χ0v) is 12.9. The molecule has 9 heteroatoms. The molecule has 24 heavy (non-hydrogen) atoms. The van der Waals surface area contributed by atoms with Crippen LogP contribution in [-0.4, -0.2) is 26.0 Å². The lowest BCUT2D eigenvalue weighted by Gasteiger charge is -2.17. The number of benzene rings is 2. The van der Waals surface area contributed by atoms with Gasteiger partial charge in [0.15, 0.2) is 0 Å². The third-order valence-corrected chi connectivity index (χ3v) is 4.94. The van der Waals surface area contributed by atoms with Crippen molar-refractivity contribution in [3.05, 3.63) is 54.1 Å². The van der Waals surface area contributed by atoms with Gasteiger partial charge in [0.25, 0.3) is 0 Å². The molecule has 0 atom stereocenters. The van der Waals surface area contributed by atoms with Crippen molar-refractivity contribution < 1.29 is 31.5 Å². The molecule has 0 spiro atoms. The van der Waals surface area contributed by atoms with Crippen LogP contribution in [0.5, 0.6) is 0 Å². The van der Waals surface area contributed by atoms with Crippen molar-refractivity contribution in [2.24, 2.45) is 0 Å². The maximum atomic E-state index is 13.3. The smallest absolute Gasteiger partial charge is 0.417 e. The Bertz CT molecular complexity index is 849. The molecule has 2 aromatic rings. The van der Waals surface area contributed by atoms with Gasteiger partial charge in [0.1, 0.15) is 11.4 Å². The fourth-order valence-corrected chi connectivity index (χ4v) is 3.73. The standard InChI is InChI=1S/C15H12F3NO4S/c16-15(17,18)11-7-4-8-12(19-9-13(20)21)14(11)24(22,23)10-5-2-1-3-6-10/h1-8,19H,9H2,(H,20,21). The Labute approximate surface area is 135 Å². The molecule has 0 aliphatic rings. The molecule has 0 bridgehead atoms. The molecule has 5 nitrogen and oxygen atoms in total. The SMILES string of the molecule is O=C(O)CNc1cccc(C(F)(F)F)c1S(=O)(=O)c1ccccc1. The van der Waals surface area contributed by atoms with E-state index in [1.165, 1.54) is 30.3 Å². The predicted molar refractivity (Wildman–Crippen MR) is 79.5 cm³/mol. The van der Waals surface area contributed by atoms with Crippen LogP contribution in [0.25, 0.3) is 0 Å². The lowest BCUT2D eigenvalue weighted by molar-refractivity contribution is -0.139. The molecule has 0 saturated carbocycles. The first-order chi connectivity index (χ1) is 11.1. The second-order valence-corrected chi connectivity index (χ2v) is 6.63. The number of hydrogen-bond donors (Lipinski definition) is 2. The molecule has 2 aromatic carbocycles. The Kier molecular flexibility index (Phi) is 4.83. The number of carboxylic acids is 1. The number of halogens is 3. The summed E-state index contributed by atoms with van der Waals surface area (Å²) in [6, 6.07) is 9.37. The first kappa shape index (κ1) is 17.8. The van der Waals surface area contributed by atoms with Crippen LogP contribution < -0.4 is 5.32 Å². The summed E-state index contributed by atoms with van der Waals surface area (Å²) in [6.07, 6.45) is -4.92. The van der Waals surface area contributed by atoms with Gasteiger partial charge in [-0.15, -0.1) is 0 Å². The summed E-state index contributed by atoms with van der Waals surface area (Å²) in [5.41, 5.74) is -1.78. The van der Waals surface area contributed by atoms with E-state index >= 15 is 0 Å². The van der Waals surface area contributed by atoms with Crippen molar-refractivity contribution in [2.45, 2.75) is 16.0 Å². The van der Waals surface area contributed by atoms with Gasteiger partial charge in [-0.2, -0.15) is 13.2 Å². The van der Waals surface area contributed by atoms with E-state index in [4.69, 9.17) is 5.11 Å². The molecule has 2 N–H and O–H groups in total. The van der Waals surface area contributed by atoms with Gasteiger partial charge in [-0.25, -0.2) is 8.42 Å². The number of sulfone groups is 1. The molecule has 128 valence electrons. The van der Waals surface area contributed by atoms with Crippen molar-refractivity contribution in [3.63, 3.8) is 0 Å². The van der Waals surface area contributed by atoms with E-state index in [0.29, 0.717) is 6.07 Å². The van der Waals surface area contributed by atoms with Gasteiger partial charge in [-0.05, 0) is 24.3 Å². The van der Waals surface area contributed by atoms with Gasteiger partial charge in [-0.3, -0.25) is 4.79 Å². The van der Waals surface area contributed by atoms with Gasteiger partial charge in [-0.1, -0.05) is 24.3 Å². The highest BCUT2D eigenvalue weighted by Gasteiger charge is 2.39. The van der Waals surface area contributed by atoms with E-state index in [1.807, 2.05) is 0 Å². The average Bonchev–Trinajstić information content (AvgIpc) is 2.52. The van der Waals surface area contributed by atoms with Gasteiger partial charge in [0.05, 0.1) is 16.1 Å². The highest BCUT2D eigenvalue weighted by Crippen LogP contribution is 2.40. The topological polar surface area (TPSA) is 83.5 Å². The van der Waals surface area contributed by atoms with Crippen LogP contribution in [-0.2, 0) is 20.8 Å². The number of carboxylic acid groups (broad SMARTS) is 1. The number of alkyl halides is 3. The number of carbonyl (C=O) groups is 1. The first-order valence-corrected chi connectivity index (χ1v) is 8.08. The van der Waals surface area contributed by atoms with Crippen LogP contribution in [0.15, 0.2) is 58.3 Å². The monoisotopic (exact) mass is 359 g/mol. The number of anilines is 1. The summed E-state index contributed by atoms with van der Waals surface area (Å²) in [4.78, 5) is 9.34. The van der Waals surface area contributed by atoms with Gasteiger partial charge >= 0.3 is 12.1 Å². The Morgan fingerprint density at radius 1 is 1.04 bits per heavy atom. The van der Waals surface area contributed by atoms with Crippen molar-refractivity contribution >= 4 is 21.5 Å². The normalized spacial score (nSPS) is 12.0. The maximum absolute atomic E-state index is 13.3. The lowest BCUT2D eigenvalue weighted by Crippen LogP contribution is -2.19. The predicted octanol–water partition coefficient (Wildman–Crippen LogP) is 3.03. The van der Waals surface area contributed by atoms with Crippen LogP contribution in [0.1, 0.15) is 5.56 Å². The Hall–Kier alpha value is -2.55. The molecule has 0 aliphatic carbocycles. The van der Waals surface area contributed by atoms with Crippen molar-refractivity contribution in [2.75, 3.05) is 11.9 Å². The second-order valence-electron chi connectivity index (χ2n) is 4.74. The summed E-state index contributed by atoms with van der Waals surface area (Å²) in [5.74, 6) is -1.34. The van der Waals surface area contributed by atoms with Gasteiger partial charge in [0, 0.05) is 0 Å². The maximum Gasteiger partial charge on any atom is 0.417 e. The van der Waals surface area contributed by atoms with E-state index < -0.39 is 44.7 Å². The number of rotatable bonds is 5. The highest BCUT2D eigenvalue weighted by atomic mass is 32.2. The third kappa shape index (κ3) is 3.67. The van der Waals surface area contributed by atoms with Crippen LogP contribution in [0.3, 0.4) is 0 Å². The van der Waals surface area contributed by atoms with Crippen LogP contribution in [0, 0.1) is 0 Å². The molecule has 0 amide bonds. The third-order valence-electron chi connectivity index (χ3n) is 3.07. The van der Waals surface area contributed by atoms with Crippen molar-refractivity contribution in [1.29, 1.82) is 0 Å². The number of hydrogen-bond acceptors (Lipinski definition) is 4. The van der Waals surface area contributed by atoms with E-state index in [9.17, 15) is 26.4 Å². The molecule has 0 radical (unpaired) electrons. The summed E-state index contributed by atoms with van der Waals surface area (Å²) < 4.78 is 65.2. The van der Waals surface area contributed by atoms with Crippen molar-refractivity contribution in [3.8, 4) is 0 Å². The van der Waals surface area contributed by atoms with Crippen LogP contribution in [0.4, 0.5) is 18.9 Å². The van der Waals surface area contributed by atoms with Gasteiger partial charge < -0.3 is 10.4 Å². The second kappa shape index (κ2) is 6.52. The molecular weight excluding hydrogens is 347 g/mol. The average molecular weight is 359 g/mol. The number of aliphatic carboxylic acids is 1. The molecule has 0 heterocycles. The Morgan fingerprint density at radius 3 is 2.21 bits per heavy atom. The number of nitrogens with one attached hydrogen (secondary N) is 1.